The first kappa shape index (κ1) is 27.6. The zero-order chi connectivity index (χ0) is 28.1. The van der Waals surface area contributed by atoms with E-state index in [-0.39, 0.29) is 46.3 Å². The summed E-state index contributed by atoms with van der Waals surface area (Å²) in [5.41, 5.74) is -0.296. The predicted molar refractivity (Wildman–Crippen MR) is 154 cm³/mol. The molecule has 2 aromatic carbocycles. The second-order valence-electron chi connectivity index (χ2n) is 10.3. The number of halogens is 3. The highest BCUT2D eigenvalue weighted by Crippen LogP contribution is 2.43. The molecule has 1 heterocycles. The average molecular weight is 669 g/mol. The van der Waals surface area contributed by atoms with Crippen molar-refractivity contribution in [2.24, 2.45) is 7.05 Å². The van der Waals surface area contributed by atoms with E-state index in [1.54, 1.807) is 13.0 Å². The lowest BCUT2D eigenvalue weighted by Crippen LogP contribution is -2.31. The molecule has 0 bridgehead atoms. The molecule has 2 aliphatic carbocycles. The molecule has 5 rings (SSSR count). The van der Waals surface area contributed by atoms with Gasteiger partial charge in [-0.2, -0.15) is 0 Å². The summed E-state index contributed by atoms with van der Waals surface area (Å²) in [6, 6.07) is 10.2. The maximum atomic E-state index is 15.4. The van der Waals surface area contributed by atoms with Crippen molar-refractivity contribution in [1.29, 1.82) is 0 Å². The Morgan fingerprint density at radius 1 is 1.10 bits per heavy atom. The lowest BCUT2D eigenvalue weighted by Gasteiger charge is -2.19. The molecule has 0 aliphatic heterocycles. The van der Waals surface area contributed by atoms with Crippen LogP contribution in [0.5, 0.6) is 0 Å². The number of sulfonamides is 1. The van der Waals surface area contributed by atoms with Crippen LogP contribution in [0, 0.1) is 15.2 Å². The Balaban J connectivity index is 1.52. The first-order chi connectivity index (χ1) is 18.4. The Labute approximate surface area is 238 Å². The molecule has 2 aliphatic rings. The highest BCUT2D eigenvalue weighted by molar-refractivity contribution is 14.1. The quantitative estimate of drug-likeness (QED) is 0.285. The summed E-state index contributed by atoms with van der Waals surface area (Å²) in [5, 5.41) is 5.77. The first-order valence-corrected chi connectivity index (χ1v) is 15.0. The van der Waals surface area contributed by atoms with Crippen LogP contribution in [0.25, 0.3) is 0 Å². The maximum absolute atomic E-state index is 15.4. The van der Waals surface area contributed by atoms with Crippen molar-refractivity contribution in [3.63, 3.8) is 0 Å². The van der Waals surface area contributed by atoms with Crippen LogP contribution in [0.4, 0.5) is 26.0 Å². The standard InChI is InChI=1S/C27H27F2IN4O4S/c1-27(10-11-27)39(37,38)33-22-5-3-4-15(23(22)29)12-16-13-19(25(35)31-18-7-8-18)24(34(2)26(16)36)32-21-9-6-17(30)14-20(21)28/h3-6,9,13-14,18,32-33H,7-8,10-12H2,1-2H3,(H,31,35). The Morgan fingerprint density at radius 3 is 2.46 bits per heavy atom. The molecule has 3 aromatic rings. The monoisotopic (exact) mass is 668 g/mol. The summed E-state index contributed by atoms with van der Waals surface area (Å²) in [7, 11) is -2.33. The van der Waals surface area contributed by atoms with Gasteiger partial charge in [-0.25, -0.2) is 17.2 Å². The van der Waals surface area contributed by atoms with E-state index in [9.17, 15) is 22.4 Å². The van der Waals surface area contributed by atoms with Crippen molar-refractivity contribution in [2.45, 2.75) is 49.8 Å². The van der Waals surface area contributed by atoms with E-state index in [2.05, 4.69) is 15.4 Å². The van der Waals surface area contributed by atoms with E-state index in [4.69, 9.17) is 0 Å². The van der Waals surface area contributed by atoms with E-state index < -0.39 is 37.9 Å². The van der Waals surface area contributed by atoms with Crippen molar-refractivity contribution in [2.75, 3.05) is 10.0 Å². The minimum absolute atomic E-state index is 0.0246. The summed E-state index contributed by atoms with van der Waals surface area (Å²) in [6.45, 7) is 1.60. The van der Waals surface area contributed by atoms with E-state index in [0.29, 0.717) is 16.4 Å². The lowest BCUT2D eigenvalue weighted by molar-refractivity contribution is 0.0951. The van der Waals surface area contributed by atoms with Gasteiger partial charge in [-0.3, -0.25) is 18.9 Å². The van der Waals surface area contributed by atoms with Crippen LogP contribution in [0.2, 0.25) is 0 Å². The molecule has 0 unspecified atom stereocenters. The molecule has 8 nitrogen and oxygen atoms in total. The number of carbonyl (C=O) groups is 1. The summed E-state index contributed by atoms with van der Waals surface area (Å²) in [5.74, 6) is -1.68. The lowest BCUT2D eigenvalue weighted by atomic mass is 10.0. The molecule has 1 amide bonds. The largest absolute Gasteiger partial charge is 0.349 e. The second-order valence-corrected chi connectivity index (χ2v) is 13.7. The number of hydrogen-bond donors (Lipinski definition) is 3. The van der Waals surface area contributed by atoms with Gasteiger partial charge >= 0.3 is 0 Å². The minimum Gasteiger partial charge on any atom is -0.349 e. The summed E-state index contributed by atoms with van der Waals surface area (Å²) < 4.78 is 58.7. The number of aromatic nitrogens is 1. The molecule has 206 valence electrons. The number of amides is 1. The smallest absolute Gasteiger partial charge is 0.255 e. The van der Waals surface area contributed by atoms with Gasteiger partial charge < -0.3 is 10.6 Å². The third kappa shape index (κ3) is 5.67. The molecular weight excluding hydrogens is 641 g/mol. The van der Waals surface area contributed by atoms with Crippen molar-refractivity contribution in [1.82, 2.24) is 9.88 Å². The third-order valence-electron chi connectivity index (χ3n) is 7.14. The molecular formula is C27H27F2IN4O4S. The number of benzene rings is 2. The highest BCUT2D eigenvalue weighted by atomic mass is 127. The fourth-order valence-corrected chi connectivity index (χ4v) is 5.96. The molecule has 0 atom stereocenters. The second kappa shape index (κ2) is 10.2. The topological polar surface area (TPSA) is 109 Å². The SMILES string of the molecule is Cn1c(Nc2ccc(I)cc2F)c(C(=O)NC2CC2)cc(Cc2cccc(NS(=O)(=O)C3(C)CC3)c2F)c1=O. The Bertz CT molecular complexity index is 1650. The van der Waals surface area contributed by atoms with Crippen LogP contribution in [0.3, 0.4) is 0 Å². The van der Waals surface area contributed by atoms with Crippen LogP contribution in [-0.2, 0) is 23.5 Å². The first-order valence-electron chi connectivity index (χ1n) is 12.4. The third-order valence-corrected chi connectivity index (χ3v) is 10.0. The van der Waals surface area contributed by atoms with Crippen molar-refractivity contribution in [3.8, 4) is 0 Å². The highest BCUT2D eigenvalue weighted by Gasteiger charge is 2.50. The van der Waals surface area contributed by atoms with Crippen molar-refractivity contribution >= 4 is 55.7 Å². The maximum Gasteiger partial charge on any atom is 0.255 e. The summed E-state index contributed by atoms with van der Waals surface area (Å²) >= 11 is 1.98. The van der Waals surface area contributed by atoms with Crippen molar-refractivity contribution in [3.05, 3.63) is 84.7 Å². The van der Waals surface area contributed by atoms with Gasteiger partial charge in [0.25, 0.3) is 11.5 Å². The number of hydrogen-bond acceptors (Lipinski definition) is 5. The fraction of sp³-hybridized carbons (Fsp3) is 0.333. The molecule has 0 radical (unpaired) electrons. The van der Waals surface area contributed by atoms with Gasteiger partial charge in [-0.15, -0.1) is 0 Å². The van der Waals surface area contributed by atoms with E-state index in [1.807, 2.05) is 22.6 Å². The molecule has 0 spiro atoms. The van der Waals surface area contributed by atoms with E-state index in [1.165, 1.54) is 48.0 Å². The zero-order valence-corrected chi connectivity index (χ0v) is 24.3. The molecule has 39 heavy (non-hydrogen) atoms. The van der Waals surface area contributed by atoms with Gasteiger partial charge in [0.05, 0.1) is 21.7 Å². The Hall–Kier alpha value is -3.00. The van der Waals surface area contributed by atoms with Crippen LogP contribution in [0.15, 0.2) is 47.3 Å². The van der Waals surface area contributed by atoms with Gasteiger partial charge in [-0.05, 0) is 91.1 Å². The predicted octanol–water partition coefficient (Wildman–Crippen LogP) is 4.79. The molecule has 1 aromatic heterocycles. The van der Waals surface area contributed by atoms with Gasteiger partial charge in [-0.1, -0.05) is 12.1 Å². The molecule has 0 saturated heterocycles. The van der Waals surface area contributed by atoms with E-state index in [0.717, 1.165) is 12.8 Å². The van der Waals surface area contributed by atoms with Crippen LogP contribution in [-0.4, -0.2) is 29.7 Å². The van der Waals surface area contributed by atoms with E-state index >= 15 is 4.39 Å². The number of nitrogens with zero attached hydrogens (tertiary/aromatic N) is 1. The molecule has 2 fully saturated rings. The van der Waals surface area contributed by atoms with Gasteiger partial charge in [0.1, 0.15) is 11.6 Å². The van der Waals surface area contributed by atoms with Gasteiger partial charge in [0.2, 0.25) is 10.0 Å². The normalized spacial score (nSPS) is 16.0. The zero-order valence-electron chi connectivity index (χ0n) is 21.3. The number of anilines is 3. The molecule has 2 saturated carbocycles. The average Bonchev–Trinajstić information content (AvgIpc) is 3.81. The Kier molecular flexibility index (Phi) is 7.20. The number of nitrogens with one attached hydrogen (secondary N) is 3. The van der Waals surface area contributed by atoms with Crippen LogP contribution < -0.4 is 20.9 Å². The number of pyridine rings is 1. The molecule has 3 N–H and O–H groups in total. The summed E-state index contributed by atoms with van der Waals surface area (Å²) in [6.07, 6.45) is 2.49. The Morgan fingerprint density at radius 2 is 1.82 bits per heavy atom. The summed E-state index contributed by atoms with van der Waals surface area (Å²) in [4.78, 5) is 26.5. The van der Waals surface area contributed by atoms with Crippen LogP contribution in [0.1, 0.15) is 54.1 Å². The molecule has 12 heteroatoms. The van der Waals surface area contributed by atoms with Crippen molar-refractivity contribution < 1.29 is 22.0 Å². The van der Waals surface area contributed by atoms with Gasteiger partial charge in [0.15, 0.2) is 5.82 Å². The minimum atomic E-state index is -3.78. The van der Waals surface area contributed by atoms with Gasteiger partial charge in [0, 0.05) is 28.6 Å². The fourth-order valence-electron chi connectivity index (χ4n) is 4.18. The number of rotatable bonds is 9. The number of carbonyl (C=O) groups excluding carboxylic acids is 1. The van der Waals surface area contributed by atoms with Crippen LogP contribution >= 0.6 is 22.6 Å².